The number of ether oxygens (including phenoxy) is 14. The molecule has 21 saturated heterocycles. The van der Waals surface area contributed by atoms with Gasteiger partial charge < -0.3 is 173 Å². The van der Waals surface area contributed by atoms with Gasteiger partial charge in [0.2, 0.25) is 0 Å². The van der Waals surface area contributed by atoms with E-state index in [1.54, 1.807) is 19.0 Å². The third kappa shape index (κ3) is 13.7. The SMILES string of the molecule is CN(C)Cc1cn(C[C@H]2O[C@@H]3O[C@H]4[C@H](O)[C@@H](O)[C@@H](O[C@H]5[C@H](O)[C@@H](O)[C@@H](O[C@H]6[C@H](O)[C@@H](O)[C@@H](O[C@H]7[C@H](O)[C@@H](O)[C@@H](O[C@H]8[C@H](O)[C@@H](O)[C@@H](O[C@H]9[C@H](O)[C@@H](O)[C@@H](O[C@H]2[C@H](O)[C@H]3O)O[C@@H]9CO)O[C@@H]8CO)O[C@@H]7CO)O[C@@H]6CO)O[C@@H]5CO)O[C@@H]4CO)nn1. The van der Waals surface area contributed by atoms with Gasteiger partial charge in [-0.3, -0.25) is 0 Å². The lowest BCUT2D eigenvalue weighted by Crippen LogP contribution is -2.68. The van der Waals surface area contributed by atoms with E-state index in [1.165, 1.54) is 10.9 Å². The highest BCUT2D eigenvalue weighted by Crippen LogP contribution is 2.39. The Bertz CT molecular complexity index is 2220. The number of hydrogen-bond acceptors (Lipinski definition) is 37. The maximum Gasteiger partial charge on any atom is 0.187 e. The van der Waals surface area contributed by atoms with Crippen LogP contribution in [0.5, 0.6) is 0 Å². The second-order valence-corrected chi connectivity index (χ2v) is 22.1. The number of aliphatic hydroxyl groups is 20. The maximum absolute atomic E-state index is 11.8. The molecule has 38 nitrogen and oxygen atoms in total. The van der Waals surface area contributed by atoms with Gasteiger partial charge >= 0.3 is 0 Å². The Morgan fingerprint density at radius 2 is 0.518 bits per heavy atom. The Hall–Kier alpha value is -2.26. The normalized spacial score (nSPS) is 51.4. The fourth-order valence-electron chi connectivity index (χ4n) is 11.4. The molecule has 0 radical (unpaired) electrons. The van der Waals surface area contributed by atoms with Crippen molar-refractivity contribution in [3.63, 3.8) is 0 Å². The molecule has 22 rings (SSSR count). The first-order valence-corrected chi connectivity index (χ1v) is 27.4. The van der Waals surface area contributed by atoms with Crippen molar-refractivity contribution in [2.24, 2.45) is 0 Å². The van der Waals surface area contributed by atoms with Gasteiger partial charge in [0.25, 0.3) is 0 Å². The Labute approximate surface area is 481 Å². The molecule has 0 saturated carbocycles. The van der Waals surface area contributed by atoms with Gasteiger partial charge in [0, 0.05) is 12.7 Å². The predicted octanol–water partition coefficient (Wildman–Crippen LogP) is -14.9. The smallest absolute Gasteiger partial charge is 0.187 e. The first kappa shape index (κ1) is 67.1. The molecule has 22 heterocycles. The molecule has 85 heavy (non-hydrogen) atoms. The average molecular weight is 1240 g/mol. The summed E-state index contributed by atoms with van der Waals surface area (Å²) < 4.78 is 82.6. The van der Waals surface area contributed by atoms with Gasteiger partial charge in [0.05, 0.1) is 51.9 Å². The van der Waals surface area contributed by atoms with Crippen LogP contribution in [0.1, 0.15) is 5.69 Å². The summed E-state index contributed by atoms with van der Waals surface area (Å²) in [4.78, 5) is 1.77. The molecule has 21 aliphatic rings. The molecule has 0 spiro atoms. The van der Waals surface area contributed by atoms with E-state index < -0.39 is 261 Å². The number of hydrogen-bond donors (Lipinski definition) is 20. The molecular weight excluding hydrogens is 1160 g/mol. The van der Waals surface area contributed by atoms with E-state index in [0.717, 1.165) is 0 Å². The van der Waals surface area contributed by atoms with Crippen LogP contribution in [0.25, 0.3) is 0 Å². The van der Waals surface area contributed by atoms with Crippen molar-refractivity contribution >= 4 is 0 Å². The van der Waals surface area contributed by atoms with Gasteiger partial charge in [-0.2, -0.15) is 0 Å². The largest absolute Gasteiger partial charge is 0.394 e. The van der Waals surface area contributed by atoms with Crippen molar-refractivity contribution in [2.45, 2.75) is 228 Å². The third-order valence-electron chi connectivity index (χ3n) is 16.0. The molecule has 21 aliphatic heterocycles. The van der Waals surface area contributed by atoms with E-state index in [1.807, 2.05) is 0 Å². The summed E-state index contributed by atoms with van der Waals surface area (Å²) >= 11 is 0. The highest BCUT2D eigenvalue weighted by Gasteiger charge is 2.59. The molecule has 1 aromatic heterocycles. The summed E-state index contributed by atoms with van der Waals surface area (Å²) in [6.07, 6.45) is -68.5. The van der Waals surface area contributed by atoms with Crippen LogP contribution in [0.2, 0.25) is 0 Å². The van der Waals surface area contributed by atoms with Crippen LogP contribution < -0.4 is 0 Å². The fourth-order valence-corrected chi connectivity index (χ4v) is 11.4. The molecule has 38 heteroatoms. The first-order valence-electron chi connectivity index (χ1n) is 27.4. The molecule has 0 aromatic carbocycles. The summed E-state index contributed by atoms with van der Waals surface area (Å²) in [5, 5.41) is 232. The minimum absolute atomic E-state index is 0.297. The zero-order valence-corrected chi connectivity index (χ0v) is 45.4. The van der Waals surface area contributed by atoms with Gasteiger partial charge in [0.1, 0.15) is 171 Å². The second-order valence-electron chi connectivity index (χ2n) is 22.1. The summed E-state index contributed by atoms with van der Waals surface area (Å²) in [5.41, 5.74) is 0.441. The van der Waals surface area contributed by atoms with E-state index in [-0.39, 0.29) is 0 Å². The molecule has 20 N–H and O–H groups in total. The van der Waals surface area contributed by atoms with Crippen LogP contribution >= 0.6 is 0 Å². The van der Waals surface area contributed by atoms with Crippen molar-refractivity contribution in [2.75, 3.05) is 53.7 Å². The van der Waals surface area contributed by atoms with Crippen LogP contribution in [-0.2, 0) is 79.4 Å². The zero-order valence-electron chi connectivity index (χ0n) is 45.4. The molecule has 21 fully saturated rings. The first-order chi connectivity index (χ1) is 40.5. The van der Waals surface area contributed by atoms with Crippen LogP contribution in [0.3, 0.4) is 0 Å². The lowest BCUT2D eigenvalue weighted by atomic mass is 9.95. The van der Waals surface area contributed by atoms with E-state index >= 15 is 0 Å². The number of aliphatic hydroxyl groups excluding tert-OH is 20. The summed E-state index contributed by atoms with van der Waals surface area (Å²) in [6, 6.07) is 0. The number of nitrogens with zero attached hydrogens (tertiary/aromatic N) is 4. The second kappa shape index (κ2) is 28.5. The zero-order chi connectivity index (χ0) is 61.6. The van der Waals surface area contributed by atoms with Crippen LogP contribution in [0, 0.1) is 0 Å². The maximum atomic E-state index is 11.8. The van der Waals surface area contributed by atoms with Crippen molar-refractivity contribution < 1.29 is 168 Å². The molecule has 1 aromatic rings. The molecule has 0 aliphatic carbocycles. The Morgan fingerprint density at radius 1 is 0.318 bits per heavy atom. The molecular formula is C47H78N4O34. The van der Waals surface area contributed by atoms with Gasteiger partial charge in [-0.05, 0) is 14.1 Å². The average Bonchev–Trinajstić information content (AvgIpc) is 2.01. The highest BCUT2D eigenvalue weighted by molar-refractivity contribution is 5.02. The minimum Gasteiger partial charge on any atom is -0.394 e. The summed E-state index contributed by atoms with van der Waals surface area (Å²) in [6.45, 7) is -6.38. The van der Waals surface area contributed by atoms with Gasteiger partial charge in [-0.25, -0.2) is 4.68 Å². The standard InChI is InChI=1S/C47H78N4O34/c1-50(2)3-12-4-51(49-48-12)5-13-34-20(58)27(65)41(72-13)80-35-14(6-52)74-43(29(67)22(35)60)82-37-16(8-54)76-45(31(69)24(37)62)84-39-18(10-56)78-47(33(71)26(39)64)85-40-19(11-57)77-46(32(70)25(40)63)83-38-17(9-55)75-44(30(68)23(38)61)81-36-15(7-53)73-42(79-34)28(66)21(36)59/h4,13-47,52-71H,3,5-11H2,1-2H3/t13-,14-,15-,16-,17-,18-,19-,20-,21-,22-,23-,24-,25-,26-,27-,28-,29-,30-,31-,32-,33-,34-,35-,36-,37-,38-,39-,40-,41-,42-,43-,44-,45-,46-,47-/m1/s1. The number of rotatable bonds is 10. The molecule has 0 unspecified atom stereocenters. The van der Waals surface area contributed by atoms with Crippen molar-refractivity contribution in [3.05, 3.63) is 11.9 Å². The minimum atomic E-state index is -2.21. The monoisotopic (exact) mass is 1240 g/mol. The van der Waals surface area contributed by atoms with Gasteiger partial charge in [0.15, 0.2) is 44.0 Å². The Balaban J connectivity index is 1.02. The Kier molecular flexibility index (Phi) is 22.5. The molecule has 35 atom stereocenters. The molecule has 14 bridgehead atoms. The van der Waals surface area contributed by atoms with E-state index in [0.29, 0.717) is 12.2 Å². The lowest BCUT2D eigenvalue weighted by molar-refractivity contribution is -0.396. The van der Waals surface area contributed by atoms with E-state index in [2.05, 4.69) is 10.3 Å². The molecule has 0 amide bonds. The van der Waals surface area contributed by atoms with Crippen LogP contribution in [0.4, 0.5) is 0 Å². The van der Waals surface area contributed by atoms with Gasteiger partial charge in [-0.1, -0.05) is 5.21 Å². The summed E-state index contributed by atoms with van der Waals surface area (Å²) in [5.74, 6) is 0. The van der Waals surface area contributed by atoms with E-state index in [9.17, 15) is 102 Å². The summed E-state index contributed by atoms with van der Waals surface area (Å²) in [7, 11) is 3.51. The van der Waals surface area contributed by atoms with Crippen LogP contribution in [0.15, 0.2) is 6.20 Å². The number of aromatic nitrogens is 3. The van der Waals surface area contributed by atoms with Crippen LogP contribution in [-0.4, -0.2) is 391 Å². The third-order valence-corrected chi connectivity index (χ3v) is 16.0. The predicted molar refractivity (Wildman–Crippen MR) is 259 cm³/mol. The molecule has 490 valence electrons. The Morgan fingerprint density at radius 3 is 0.718 bits per heavy atom. The highest BCUT2D eigenvalue weighted by atomic mass is 16.8. The van der Waals surface area contributed by atoms with Crippen molar-refractivity contribution in [3.8, 4) is 0 Å². The lowest BCUT2D eigenvalue weighted by Gasteiger charge is -2.50. The topological polar surface area (TPSA) is 568 Å². The fraction of sp³-hybridized carbons (Fsp3) is 0.957. The van der Waals surface area contributed by atoms with Crippen molar-refractivity contribution in [1.29, 1.82) is 0 Å². The quantitative estimate of drug-likeness (QED) is 0.103. The van der Waals surface area contributed by atoms with Gasteiger partial charge in [-0.15, -0.1) is 5.10 Å². The van der Waals surface area contributed by atoms with E-state index in [4.69, 9.17) is 66.3 Å². The van der Waals surface area contributed by atoms with Crippen molar-refractivity contribution in [1.82, 2.24) is 19.9 Å².